The normalized spacial score (nSPS) is 15.7. The van der Waals surface area contributed by atoms with Gasteiger partial charge in [0, 0.05) is 26.2 Å². The van der Waals surface area contributed by atoms with Crippen LogP contribution in [0.2, 0.25) is 0 Å². The van der Waals surface area contributed by atoms with Gasteiger partial charge in [-0.1, -0.05) is 24.3 Å². The van der Waals surface area contributed by atoms with Crippen molar-refractivity contribution in [1.29, 1.82) is 0 Å². The van der Waals surface area contributed by atoms with Crippen LogP contribution in [0.1, 0.15) is 22.8 Å². The molecule has 152 valence electrons. The van der Waals surface area contributed by atoms with E-state index in [4.69, 9.17) is 10.1 Å². The number of anilines is 1. The third-order valence-electron chi connectivity index (χ3n) is 5.10. The average molecular weight is 432 g/mol. The number of carboxylic acid groups (broad SMARTS) is 1. The first-order valence-corrected chi connectivity index (χ1v) is 11.6. The first-order chi connectivity index (χ1) is 13.9. The van der Waals surface area contributed by atoms with Gasteiger partial charge in [-0.2, -0.15) is 4.31 Å². The summed E-state index contributed by atoms with van der Waals surface area (Å²) in [7, 11) is -3.65. The van der Waals surface area contributed by atoms with Gasteiger partial charge in [0.05, 0.1) is 20.7 Å². The zero-order valence-electron chi connectivity index (χ0n) is 15.9. The van der Waals surface area contributed by atoms with Gasteiger partial charge in [-0.25, -0.2) is 18.2 Å². The highest BCUT2D eigenvalue weighted by atomic mass is 32.2. The van der Waals surface area contributed by atoms with Gasteiger partial charge in [0.1, 0.15) is 0 Å². The molecule has 1 fully saturated rings. The van der Waals surface area contributed by atoms with Crippen molar-refractivity contribution in [2.45, 2.75) is 18.2 Å². The lowest BCUT2D eigenvalue weighted by Crippen LogP contribution is -2.48. The maximum Gasteiger partial charge on any atom is 0.335 e. The molecule has 0 atom stereocenters. The number of carboxylic acids is 1. The molecule has 1 saturated heterocycles. The Balaban J connectivity index is 1.48. The molecule has 1 aliphatic rings. The number of thiazole rings is 1. The minimum Gasteiger partial charge on any atom is -0.478 e. The van der Waals surface area contributed by atoms with E-state index in [1.807, 2.05) is 6.07 Å². The first-order valence-electron chi connectivity index (χ1n) is 9.36. The number of piperazine rings is 1. The second-order valence-corrected chi connectivity index (χ2v) is 9.82. The minimum atomic E-state index is -3.65. The Hall–Kier alpha value is -2.49. The van der Waals surface area contributed by atoms with E-state index in [0.29, 0.717) is 26.2 Å². The van der Waals surface area contributed by atoms with E-state index in [2.05, 4.69) is 24.0 Å². The molecule has 9 heteroatoms. The number of carbonyl (C=O) groups is 1. The Morgan fingerprint density at radius 2 is 1.79 bits per heavy atom. The van der Waals surface area contributed by atoms with E-state index < -0.39 is 16.0 Å². The molecule has 2 aromatic carbocycles. The lowest BCUT2D eigenvalue weighted by molar-refractivity contribution is 0.0696. The Bertz CT molecular complexity index is 1150. The molecule has 3 aromatic rings. The summed E-state index contributed by atoms with van der Waals surface area (Å²) in [6, 6.07) is 11.6. The van der Waals surface area contributed by atoms with E-state index in [-0.39, 0.29) is 10.5 Å². The first kappa shape index (κ1) is 19.8. The number of aromatic carboxylic acids is 1. The smallest absolute Gasteiger partial charge is 0.335 e. The van der Waals surface area contributed by atoms with Gasteiger partial charge >= 0.3 is 5.97 Å². The second-order valence-electron chi connectivity index (χ2n) is 6.87. The molecule has 0 radical (unpaired) electrons. The number of nitrogens with zero attached hydrogens (tertiary/aromatic N) is 3. The number of hydrogen-bond donors (Lipinski definition) is 1. The summed E-state index contributed by atoms with van der Waals surface area (Å²) in [6.45, 7) is 3.97. The van der Waals surface area contributed by atoms with Crippen LogP contribution in [0.5, 0.6) is 0 Å². The van der Waals surface area contributed by atoms with Crippen molar-refractivity contribution in [3.8, 4) is 0 Å². The molecule has 29 heavy (non-hydrogen) atoms. The number of aromatic nitrogens is 1. The summed E-state index contributed by atoms with van der Waals surface area (Å²) in [6.07, 6.45) is 0.979. The highest BCUT2D eigenvalue weighted by Gasteiger charge is 2.29. The van der Waals surface area contributed by atoms with Gasteiger partial charge in [-0.05, 0) is 48.4 Å². The summed E-state index contributed by atoms with van der Waals surface area (Å²) in [5.74, 6) is -1.08. The molecule has 0 amide bonds. The van der Waals surface area contributed by atoms with Crippen molar-refractivity contribution >= 4 is 42.7 Å². The number of aryl methyl sites for hydroxylation is 1. The zero-order chi connectivity index (χ0) is 20.6. The molecule has 1 aromatic heterocycles. The second kappa shape index (κ2) is 7.74. The van der Waals surface area contributed by atoms with E-state index >= 15 is 0 Å². The van der Waals surface area contributed by atoms with Gasteiger partial charge < -0.3 is 10.0 Å². The maximum atomic E-state index is 12.9. The predicted molar refractivity (Wildman–Crippen MR) is 113 cm³/mol. The van der Waals surface area contributed by atoms with E-state index in [1.54, 1.807) is 11.3 Å². The van der Waals surface area contributed by atoms with Crippen molar-refractivity contribution in [2.75, 3.05) is 31.1 Å². The fraction of sp³-hybridized carbons (Fsp3) is 0.300. The number of sulfonamides is 1. The van der Waals surface area contributed by atoms with E-state index in [9.17, 15) is 13.2 Å². The van der Waals surface area contributed by atoms with Crippen molar-refractivity contribution < 1.29 is 18.3 Å². The molecule has 1 aliphatic heterocycles. The van der Waals surface area contributed by atoms with Gasteiger partial charge in [0.2, 0.25) is 10.0 Å². The van der Waals surface area contributed by atoms with Crippen molar-refractivity contribution in [1.82, 2.24) is 9.29 Å². The molecular formula is C20H21N3O4S2. The van der Waals surface area contributed by atoms with Crippen LogP contribution < -0.4 is 4.90 Å². The molecular weight excluding hydrogens is 410 g/mol. The summed E-state index contributed by atoms with van der Waals surface area (Å²) in [5, 5.41) is 9.89. The Kier molecular flexibility index (Phi) is 5.28. The average Bonchev–Trinajstić information content (AvgIpc) is 3.17. The topological polar surface area (TPSA) is 90.8 Å². The quantitative estimate of drug-likeness (QED) is 0.668. The predicted octanol–water partition coefficient (Wildman–Crippen LogP) is 3.07. The zero-order valence-corrected chi connectivity index (χ0v) is 17.5. The van der Waals surface area contributed by atoms with E-state index in [0.717, 1.165) is 21.8 Å². The minimum absolute atomic E-state index is 0.0656. The summed E-state index contributed by atoms with van der Waals surface area (Å²) in [5.41, 5.74) is 2.31. The maximum absolute atomic E-state index is 12.9. The molecule has 0 spiro atoms. The number of benzene rings is 2. The van der Waals surface area contributed by atoms with Crippen molar-refractivity contribution in [3.63, 3.8) is 0 Å². The van der Waals surface area contributed by atoms with Crippen LogP contribution in [-0.2, 0) is 16.4 Å². The number of hydrogen-bond acceptors (Lipinski definition) is 6. The lowest BCUT2D eigenvalue weighted by Gasteiger charge is -2.33. The molecule has 2 heterocycles. The van der Waals surface area contributed by atoms with Gasteiger partial charge in [0.25, 0.3) is 0 Å². The highest BCUT2D eigenvalue weighted by molar-refractivity contribution is 7.89. The van der Waals surface area contributed by atoms with Crippen LogP contribution >= 0.6 is 11.3 Å². The summed E-state index contributed by atoms with van der Waals surface area (Å²) >= 11 is 1.63. The third-order valence-corrected chi connectivity index (χ3v) is 8.09. The highest BCUT2D eigenvalue weighted by Crippen LogP contribution is 2.31. The Morgan fingerprint density at radius 1 is 1.10 bits per heavy atom. The lowest BCUT2D eigenvalue weighted by atomic mass is 10.2. The van der Waals surface area contributed by atoms with Crippen LogP contribution in [0, 0.1) is 0 Å². The fourth-order valence-electron chi connectivity index (χ4n) is 3.35. The van der Waals surface area contributed by atoms with Gasteiger partial charge in [0.15, 0.2) is 5.13 Å². The molecule has 0 unspecified atom stereocenters. The molecule has 0 aliphatic carbocycles. The Labute approximate surface area is 173 Å². The van der Waals surface area contributed by atoms with Crippen LogP contribution in [0.25, 0.3) is 10.2 Å². The largest absolute Gasteiger partial charge is 0.478 e. The molecule has 4 rings (SSSR count). The monoisotopic (exact) mass is 431 g/mol. The molecule has 0 saturated carbocycles. The van der Waals surface area contributed by atoms with Crippen LogP contribution in [0.4, 0.5) is 5.13 Å². The SMILES string of the molecule is CCc1ccc2nc(N3CCN(S(=O)(=O)c4ccc(C(=O)O)cc4)CC3)sc2c1. The van der Waals surface area contributed by atoms with Crippen molar-refractivity contribution in [3.05, 3.63) is 53.6 Å². The molecule has 7 nitrogen and oxygen atoms in total. The molecule has 0 bridgehead atoms. The number of rotatable bonds is 5. The number of fused-ring (bicyclic) bond motifs is 1. The standard InChI is InChI=1S/C20H21N3O4S2/c1-2-14-3-8-17-18(13-14)28-20(21-17)22-9-11-23(12-10-22)29(26,27)16-6-4-15(5-7-16)19(24)25/h3-8,13H,2,9-12H2,1H3,(H,24,25). The fourth-order valence-corrected chi connectivity index (χ4v) is 5.85. The van der Waals surface area contributed by atoms with Crippen molar-refractivity contribution in [2.24, 2.45) is 0 Å². The molecule has 1 N–H and O–H groups in total. The van der Waals surface area contributed by atoms with Crippen LogP contribution in [0.3, 0.4) is 0 Å². The van der Waals surface area contributed by atoms with Gasteiger partial charge in [-0.3, -0.25) is 0 Å². The van der Waals surface area contributed by atoms with Gasteiger partial charge in [-0.15, -0.1) is 0 Å². The summed E-state index contributed by atoms with van der Waals surface area (Å²) < 4.78 is 28.3. The summed E-state index contributed by atoms with van der Waals surface area (Å²) in [4.78, 5) is 17.9. The van der Waals surface area contributed by atoms with Crippen LogP contribution in [0.15, 0.2) is 47.4 Å². The third kappa shape index (κ3) is 3.85. The van der Waals surface area contributed by atoms with E-state index in [1.165, 1.54) is 34.1 Å². The van der Waals surface area contributed by atoms with Crippen LogP contribution in [-0.4, -0.2) is 55.0 Å². The Morgan fingerprint density at radius 3 is 2.41 bits per heavy atom.